The molecule has 2 rings (SSSR count). The van der Waals surface area contributed by atoms with Crippen LogP contribution in [0.25, 0.3) is 0 Å². The molecule has 1 atom stereocenters. The van der Waals surface area contributed by atoms with Gasteiger partial charge in [-0.15, -0.1) is 0 Å². The Labute approximate surface area is 148 Å². The average molecular weight is 408 g/mol. The van der Waals surface area contributed by atoms with Crippen LogP contribution in [0.3, 0.4) is 0 Å². The molecule has 0 aliphatic rings. The largest absolute Gasteiger partial charge is 0.310 e. The molecule has 21 heavy (non-hydrogen) atoms. The summed E-state index contributed by atoms with van der Waals surface area (Å²) < 4.78 is 0.992. The Hall–Kier alpha value is -0.250. The number of hydrogen-bond donors (Lipinski definition) is 1. The monoisotopic (exact) mass is 405 g/mol. The number of hydrogen-bond acceptors (Lipinski definition) is 1. The number of rotatable bonds is 5. The Bertz CT molecular complexity index is 631. The van der Waals surface area contributed by atoms with Crippen LogP contribution in [0, 0.1) is 0 Å². The minimum Gasteiger partial charge on any atom is -0.310 e. The van der Waals surface area contributed by atoms with Crippen LogP contribution in [0.2, 0.25) is 15.1 Å². The fourth-order valence-electron chi connectivity index (χ4n) is 2.23. The summed E-state index contributed by atoms with van der Waals surface area (Å²) in [5.41, 5.74) is 2.22. The van der Waals surface area contributed by atoms with Gasteiger partial charge in [0, 0.05) is 25.6 Å². The van der Waals surface area contributed by atoms with E-state index in [9.17, 15) is 0 Å². The van der Waals surface area contributed by atoms with Gasteiger partial charge >= 0.3 is 0 Å². The van der Waals surface area contributed by atoms with Gasteiger partial charge in [-0.2, -0.15) is 0 Å². The second-order valence-electron chi connectivity index (χ2n) is 4.72. The van der Waals surface area contributed by atoms with Crippen molar-refractivity contribution in [3.63, 3.8) is 0 Å². The van der Waals surface area contributed by atoms with Crippen LogP contribution in [-0.4, -0.2) is 6.54 Å². The molecular weight excluding hydrogens is 392 g/mol. The molecule has 0 aliphatic heterocycles. The van der Waals surface area contributed by atoms with Crippen molar-refractivity contribution >= 4 is 50.7 Å². The SMILES string of the molecule is CCNC(Cc1ccc(Cl)cc1Cl)c1ccc(Cl)cc1Br. The minimum atomic E-state index is 0.153. The molecule has 1 nitrogen and oxygen atoms in total. The van der Waals surface area contributed by atoms with Crippen molar-refractivity contribution in [1.82, 2.24) is 5.32 Å². The molecule has 112 valence electrons. The zero-order valence-corrected chi connectivity index (χ0v) is 15.3. The first-order chi connectivity index (χ1) is 10.0. The van der Waals surface area contributed by atoms with E-state index in [1.54, 1.807) is 6.07 Å². The molecule has 2 aromatic carbocycles. The van der Waals surface area contributed by atoms with Crippen LogP contribution in [0.5, 0.6) is 0 Å². The Morgan fingerprint density at radius 1 is 1.05 bits per heavy atom. The highest BCUT2D eigenvalue weighted by atomic mass is 79.9. The third-order valence-corrected chi connectivity index (χ3v) is 4.74. The van der Waals surface area contributed by atoms with E-state index in [-0.39, 0.29) is 6.04 Å². The van der Waals surface area contributed by atoms with E-state index in [1.807, 2.05) is 30.3 Å². The minimum absolute atomic E-state index is 0.153. The highest BCUT2D eigenvalue weighted by molar-refractivity contribution is 9.10. The fraction of sp³-hybridized carbons (Fsp3) is 0.250. The Morgan fingerprint density at radius 2 is 1.71 bits per heavy atom. The summed E-state index contributed by atoms with van der Waals surface area (Å²) >= 11 is 21.8. The maximum Gasteiger partial charge on any atom is 0.0453 e. The van der Waals surface area contributed by atoms with Gasteiger partial charge in [-0.25, -0.2) is 0 Å². The van der Waals surface area contributed by atoms with Crippen molar-refractivity contribution in [2.45, 2.75) is 19.4 Å². The Kier molecular flexibility index (Phi) is 6.39. The van der Waals surface area contributed by atoms with Crippen molar-refractivity contribution in [2.75, 3.05) is 6.54 Å². The van der Waals surface area contributed by atoms with Gasteiger partial charge in [0.05, 0.1) is 0 Å². The first-order valence-electron chi connectivity index (χ1n) is 6.63. The predicted octanol–water partition coefficient (Wildman–Crippen LogP) is 6.30. The maximum absolute atomic E-state index is 6.28. The smallest absolute Gasteiger partial charge is 0.0453 e. The van der Waals surface area contributed by atoms with E-state index in [0.29, 0.717) is 15.1 Å². The van der Waals surface area contributed by atoms with Gasteiger partial charge in [0.25, 0.3) is 0 Å². The topological polar surface area (TPSA) is 12.0 Å². The lowest BCUT2D eigenvalue weighted by molar-refractivity contribution is 0.548. The predicted molar refractivity (Wildman–Crippen MR) is 95.7 cm³/mol. The zero-order chi connectivity index (χ0) is 15.4. The third-order valence-electron chi connectivity index (χ3n) is 3.23. The second-order valence-corrected chi connectivity index (χ2v) is 6.85. The van der Waals surface area contributed by atoms with Gasteiger partial charge in [0.2, 0.25) is 0 Å². The van der Waals surface area contributed by atoms with Gasteiger partial charge in [0.15, 0.2) is 0 Å². The molecule has 0 heterocycles. The van der Waals surface area contributed by atoms with Gasteiger partial charge in [-0.05, 0) is 48.4 Å². The van der Waals surface area contributed by atoms with Crippen LogP contribution in [0.1, 0.15) is 24.1 Å². The van der Waals surface area contributed by atoms with E-state index in [2.05, 4.69) is 28.2 Å². The third kappa shape index (κ3) is 4.61. The lowest BCUT2D eigenvalue weighted by Gasteiger charge is -2.21. The van der Waals surface area contributed by atoms with E-state index < -0.39 is 0 Å². The van der Waals surface area contributed by atoms with Gasteiger partial charge in [-0.1, -0.05) is 69.8 Å². The maximum atomic E-state index is 6.28. The van der Waals surface area contributed by atoms with Gasteiger partial charge in [0.1, 0.15) is 0 Å². The number of benzene rings is 2. The summed E-state index contributed by atoms with van der Waals surface area (Å²) in [4.78, 5) is 0. The summed E-state index contributed by atoms with van der Waals surface area (Å²) in [6.45, 7) is 2.95. The molecule has 2 aromatic rings. The zero-order valence-electron chi connectivity index (χ0n) is 11.5. The van der Waals surface area contributed by atoms with Crippen molar-refractivity contribution in [2.24, 2.45) is 0 Å². The van der Waals surface area contributed by atoms with Crippen LogP contribution >= 0.6 is 50.7 Å². The second kappa shape index (κ2) is 7.85. The van der Waals surface area contributed by atoms with E-state index in [1.165, 1.54) is 0 Å². The molecule has 0 fully saturated rings. The first-order valence-corrected chi connectivity index (χ1v) is 8.56. The van der Waals surface area contributed by atoms with E-state index in [4.69, 9.17) is 34.8 Å². The highest BCUT2D eigenvalue weighted by Crippen LogP contribution is 2.31. The molecule has 0 amide bonds. The molecule has 0 aliphatic carbocycles. The van der Waals surface area contributed by atoms with E-state index >= 15 is 0 Å². The molecule has 1 unspecified atom stereocenters. The lowest BCUT2D eigenvalue weighted by Crippen LogP contribution is -2.23. The molecule has 1 N–H and O–H groups in total. The molecule has 0 bridgehead atoms. The summed E-state index contributed by atoms with van der Waals surface area (Å²) in [7, 11) is 0. The summed E-state index contributed by atoms with van der Waals surface area (Å²) in [5, 5.41) is 5.54. The Morgan fingerprint density at radius 3 is 2.33 bits per heavy atom. The summed E-state index contributed by atoms with van der Waals surface area (Å²) in [5.74, 6) is 0. The number of nitrogens with one attached hydrogen (secondary N) is 1. The quantitative estimate of drug-likeness (QED) is 0.613. The van der Waals surface area contributed by atoms with Crippen molar-refractivity contribution in [3.8, 4) is 0 Å². The average Bonchev–Trinajstić information content (AvgIpc) is 2.41. The molecule has 0 aromatic heterocycles. The first kappa shape index (κ1) is 17.1. The fourth-order valence-corrected chi connectivity index (χ4v) is 3.67. The molecule has 0 radical (unpaired) electrons. The molecule has 5 heteroatoms. The highest BCUT2D eigenvalue weighted by Gasteiger charge is 2.16. The molecule has 0 saturated heterocycles. The number of likely N-dealkylation sites (N-methyl/N-ethyl adjacent to an activating group) is 1. The van der Waals surface area contributed by atoms with Gasteiger partial charge < -0.3 is 5.32 Å². The van der Waals surface area contributed by atoms with Crippen LogP contribution in [0.4, 0.5) is 0 Å². The van der Waals surface area contributed by atoms with Crippen molar-refractivity contribution in [1.29, 1.82) is 0 Å². The van der Waals surface area contributed by atoms with Crippen molar-refractivity contribution in [3.05, 3.63) is 67.1 Å². The Balaban J connectivity index is 2.30. The van der Waals surface area contributed by atoms with Crippen LogP contribution in [-0.2, 0) is 6.42 Å². The normalized spacial score (nSPS) is 12.4. The lowest BCUT2D eigenvalue weighted by atomic mass is 9.98. The summed E-state index contributed by atoms with van der Waals surface area (Å²) in [6.07, 6.45) is 0.782. The van der Waals surface area contributed by atoms with E-state index in [0.717, 1.165) is 28.6 Å². The molecule has 0 spiro atoms. The molecule has 0 saturated carbocycles. The standard InChI is InChI=1S/C16H15BrCl3N/c1-2-21-16(13-6-5-11(18)8-14(13)17)7-10-3-4-12(19)9-15(10)20/h3-6,8-9,16,21H,2,7H2,1H3. The van der Waals surface area contributed by atoms with Crippen LogP contribution < -0.4 is 5.32 Å². The summed E-state index contributed by atoms with van der Waals surface area (Å²) in [6, 6.07) is 11.6. The van der Waals surface area contributed by atoms with Crippen LogP contribution in [0.15, 0.2) is 40.9 Å². The number of halogens is 4. The molecular formula is C16H15BrCl3N. The van der Waals surface area contributed by atoms with Gasteiger partial charge in [-0.3, -0.25) is 0 Å². The van der Waals surface area contributed by atoms with Crippen molar-refractivity contribution < 1.29 is 0 Å².